The summed E-state index contributed by atoms with van der Waals surface area (Å²) in [6.07, 6.45) is 11.3. The summed E-state index contributed by atoms with van der Waals surface area (Å²) < 4.78 is 27.4. The summed E-state index contributed by atoms with van der Waals surface area (Å²) in [5.74, 6) is -1.94. The van der Waals surface area contributed by atoms with Crippen LogP contribution in [0.25, 0.3) is 0 Å². The van der Waals surface area contributed by atoms with E-state index in [-0.39, 0.29) is 51.9 Å². The van der Waals surface area contributed by atoms with Gasteiger partial charge in [0.1, 0.15) is 11.6 Å². The Hall–Kier alpha value is -1.80. The van der Waals surface area contributed by atoms with Gasteiger partial charge in [-0.25, -0.2) is 8.78 Å². The number of unbranched alkanes of at least 4 members (excludes halogenated alkanes) is 1. The van der Waals surface area contributed by atoms with Gasteiger partial charge >= 0.3 is 0 Å². The van der Waals surface area contributed by atoms with Crippen LogP contribution in [0.15, 0.2) is 28.8 Å². The van der Waals surface area contributed by atoms with Crippen LogP contribution in [0.3, 0.4) is 0 Å². The minimum absolute atomic E-state index is 0.00787. The van der Waals surface area contributed by atoms with Gasteiger partial charge in [-0.2, -0.15) is 0 Å². The highest BCUT2D eigenvalue weighted by atomic mass is 79.9. The van der Waals surface area contributed by atoms with E-state index >= 15 is 0 Å². The maximum absolute atomic E-state index is 13.8. The van der Waals surface area contributed by atoms with Crippen LogP contribution in [0.4, 0.5) is 8.78 Å². The number of hydrogen-bond acceptors (Lipinski definition) is 3. The van der Waals surface area contributed by atoms with Gasteiger partial charge in [-0.3, -0.25) is 9.59 Å². The van der Waals surface area contributed by atoms with E-state index in [0.29, 0.717) is 18.5 Å². The zero-order chi connectivity index (χ0) is 24.6. The number of hydrogen-bond donors (Lipinski definition) is 2. The fourth-order valence-corrected chi connectivity index (χ4v) is 6.93. The summed E-state index contributed by atoms with van der Waals surface area (Å²) in [6.45, 7) is 4.39. The molecule has 5 nitrogen and oxygen atoms in total. The van der Waals surface area contributed by atoms with E-state index in [1.54, 1.807) is 0 Å². The summed E-state index contributed by atoms with van der Waals surface area (Å²) in [5.41, 5.74) is 0.566. The molecule has 2 bridgehead atoms. The SMILES string of the molecule is O=C(NCCCCN1CCCC1)[C@H]1[C@H](C(=O)NCCc2cc(F)c(Br)c(F)c2)[C@@H]2C=C[C@H]1C21CC1. The number of allylic oxidation sites excluding steroid dienone is 2. The summed E-state index contributed by atoms with van der Waals surface area (Å²) in [6, 6.07) is 2.55. The van der Waals surface area contributed by atoms with Gasteiger partial charge < -0.3 is 15.5 Å². The second-order valence-corrected chi connectivity index (χ2v) is 11.5. The molecule has 3 aliphatic carbocycles. The molecule has 1 aliphatic heterocycles. The van der Waals surface area contributed by atoms with Crippen molar-refractivity contribution in [3.63, 3.8) is 0 Å². The molecule has 0 aromatic heterocycles. The van der Waals surface area contributed by atoms with Crippen molar-refractivity contribution in [3.05, 3.63) is 46.0 Å². The van der Waals surface area contributed by atoms with Gasteiger partial charge in [0.05, 0.1) is 16.3 Å². The molecule has 5 rings (SSSR count). The highest BCUT2D eigenvalue weighted by Crippen LogP contribution is 2.72. The Labute approximate surface area is 214 Å². The molecule has 35 heavy (non-hydrogen) atoms. The minimum atomic E-state index is -0.655. The van der Waals surface area contributed by atoms with Gasteiger partial charge in [-0.05, 0) is 115 Å². The molecule has 3 fully saturated rings. The first-order chi connectivity index (χ1) is 16.9. The summed E-state index contributed by atoms with van der Waals surface area (Å²) in [5, 5.41) is 6.08. The van der Waals surface area contributed by atoms with Crippen LogP contribution in [0.1, 0.15) is 44.1 Å². The molecule has 4 aliphatic rings. The van der Waals surface area contributed by atoms with Gasteiger partial charge in [0, 0.05) is 13.1 Å². The average Bonchev–Trinajstić information content (AvgIpc) is 3.19. The van der Waals surface area contributed by atoms with E-state index in [9.17, 15) is 18.4 Å². The Morgan fingerprint density at radius 3 is 2.09 bits per heavy atom. The third-order valence-corrected chi connectivity index (χ3v) is 9.36. The molecular weight excluding hydrogens is 516 g/mol. The zero-order valence-corrected chi connectivity index (χ0v) is 21.6. The van der Waals surface area contributed by atoms with Crippen LogP contribution in [-0.4, -0.2) is 49.4 Å². The van der Waals surface area contributed by atoms with E-state index in [4.69, 9.17) is 0 Å². The van der Waals surface area contributed by atoms with E-state index in [2.05, 4.69) is 43.6 Å². The fourth-order valence-electron chi connectivity index (χ4n) is 6.71. The molecule has 2 N–H and O–H groups in total. The second kappa shape index (κ2) is 10.3. The van der Waals surface area contributed by atoms with Gasteiger partial charge in [0.2, 0.25) is 11.8 Å². The first-order valence-electron chi connectivity index (χ1n) is 13.0. The Morgan fingerprint density at radius 1 is 0.943 bits per heavy atom. The van der Waals surface area contributed by atoms with Crippen LogP contribution < -0.4 is 10.6 Å². The van der Waals surface area contributed by atoms with Crippen molar-refractivity contribution in [2.24, 2.45) is 29.1 Å². The topological polar surface area (TPSA) is 61.4 Å². The van der Waals surface area contributed by atoms with Crippen LogP contribution in [0.2, 0.25) is 0 Å². The number of carbonyl (C=O) groups is 2. The average molecular weight is 550 g/mol. The Kier molecular flexibility index (Phi) is 7.31. The van der Waals surface area contributed by atoms with Gasteiger partial charge in [0.25, 0.3) is 0 Å². The number of benzene rings is 1. The first-order valence-corrected chi connectivity index (χ1v) is 13.8. The van der Waals surface area contributed by atoms with Crippen LogP contribution in [0.5, 0.6) is 0 Å². The standard InChI is InChI=1S/C27H34BrF2N3O2/c28-24-20(29)15-17(16-21(24)30)7-11-32-26(35)23-19-6-5-18(27(19)8-9-27)22(23)25(34)31-10-1-2-12-33-13-3-4-14-33/h5-6,15-16,18-19,22-23H,1-4,7-14H2,(H,31,34)(H,32,35)/t18-,19+,22-,23-/m1/s1. The maximum Gasteiger partial charge on any atom is 0.224 e. The fraction of sp³-hybridized carbons (Fsp3) is 0.630. The van der Waals surface area contributed by atoms with Crippen LogP contribution in [0, 0.1) is 40.7 Å². The second-order valence-electron chi connectivity index (χ2n) is 10.7. The number of halogens is 3. The molecule has 8 heteroatoms. The highest BCUT2D eigenvalue weighted by Gasteiger charge is 2.69. The number of carbonyl (C=O) groups excluding carboxylic acids is 2. The minimum Gasteiger partial charge on any atom is -0.356 e. The lowest BCUT2D eigenvalue weighted by Crippen LogP contribution is -2.44. The lowest BCUT2D eigenvalue weighted by atomic mass is 9.81. The molecule has 4 atom stereocenters. The molecule has 1 heterocycles. The number of nitrogens with one attached hydrogen (secondary N) is 2. The number of rotatable bonds is 10. The van der Waals surface area contributed by atoms with Crippen LogP contribution >= 0.6 is 15.9 Å². The predicted molar refractivity (Wildman–Crippen MR) is 133 cm³/mol. The largest absolute Gasteiger partial charge is 0.356 e. The Morgan fingerprint density at radius 2 is 1.51 bits per heavy atom. The Balaban J connectivity index is 1.15. The monoisotopic (exact) mass is 549 g/mol. The number of nitrogens with zero attached hydrogens (tertiary/aromatic N) is 1. The molecular formula is C27H34BrF2N3O2. The number of amides is 2. The third kappa shape index (κ3) is 4.93. The molecule has 1 spiro atoms. The summed E-state index contributed by atoms with van der Waals surface area (Å²) in [4.78, 5) is 29.0. The lowest BCUT2D eigenvalue weighted by Gasteiger charge is -2.26. The molecule has 0 radical (unpaired) electrons. The van der Waals surface area contributed by atoms with Crippen molar-refractivity contribution in [2.45, 2.75) is 44.9 Å². The van der Waals surface area contributed by atoms with Crippen molar-refractivity contribution < 1.29 is 18.4 Å². The van der Waals surface area contributed by atoms with E-state index in [1.165, 1.54) is 38.1 Å². The molecule has 1 aromatic carbocycles. The van der Waals surface area contributed by atoms with Crippen molar-refractivity contribution in [1.82, 2.24) is 15.5 Å². The normalized spacial score (nSPS) is 28.1. The van der Waals surface area contributed by atoms with E-state index < -0.39 is 11.6 Å². The van der Waals surface area contributed by atoms with Crippen molar-refractivity contribution in [1.29, 1.82) is 0 Å². The van der Waals surface area contributed by atoms with Gasteiger partial charge in [-0.1, -0.05) is 12.2 Å². The van der Waals surface area contributed by atoms with Gasteiger partial charge in [0.15, 0.2) is 0 Å². The molecule has 190 valence electrons. The van der Waals surface area contributed by atoms with E-state index in [1.807, 2.05) is 0 Å². The predicted octanol–water partition coefficient (Wildman–Crippen LogP) is 4.21. The third-order valence-electron chi connectivity index (χ3n) is 8.60. The maximum atomic E-state index is 13.8. The van der Waals surface area contributed by atoms with E-state index in [0.717, 1.165) is 32.2 Å². The molecule has 2 amide bonds. The number of likely N-dealkylation sites (tertiary alicyclic amines) is 1. The molecule has 1 saturated heterocycles. The van der Waals surface area contributed by atoms with Crippen LogP contribution in [-0.2, 0) is 16.0 Å². The molecule has 1 aromatic rings. The van der Waals surface area contributed by atoms with Crippen molar-refractivity contribution in [3.8, 4) is 0 Å². The quantitative estimate of drug-likeness (QED) is 0.261. The first kappa shape index (κ1) is 24.9. The van der Waals surface area contributed by atoms with Crippen molar-refractivity contribution >= 4 is 27.7 Å². The highest BCUT2D eigenvalue weighted by molar-refractivity contribution is 9.10. The molecule has 0 unspecified atom stereocenters. The van der Waals surface area contributed by atoms with Gasteiger partial charge in [-0.15, -0.1) is 0 Å². The smallest absolute Gasteiger partial charge is 0.224 e. The van der Waals surface area contributed by atoms with Crippen molar-refractivity contribution in [2.75, 3.05) is 32.7 Å². The summed E-state index contributed by atoms with van der Waals surface area (Å²) >= 11 is 2.88. The summed E-state index contributed by atoms with van der Waals surface area (Å²) in [7, 11) is 0. The zero-order valence-electron chi connectivity index (χ0n) is 20.0. The lowest BCUT2D eigenvalue weighted by molar-refractivity contribution is -0.135. The molecule has 2 saturated carbocycles. The Bertz CT molecular complexity index is 983.